The number of allylic oxidation sites excluding steroid dienone is 2. The SMILES string of the molecule is C=C[C@H]1[C@@H](OC(C)=O)CC2C3CCC4CC(=O)C=C[C@]4(C)C3CC[C@@]21C. The van der Waals surface area contributed by atoms with Gasteiger partial charge in [0.1, 0.15) is 6.10 Å². The van der Waals surface area contributed by atoms with Crippen molar-refractivity contribution in [3.8, 4) is 0 Å². The minimum atomic E-state index is -0.176. The molecule has 0 heterocycles. The van der Waals surface area contributed by atoms with Crippen LogP contribution >= 0.6 is 0 Å². The summed E-state index contributed by atoms with van der Waals surface area (Å²) in [7, 11) is 0. The molecular formula is C23H32O3. The molecule has 0 amide bonds. The first-order chi connectivity index (χ1) is 12.3. The lowest BCUT2D eigenvalue weighted by molar-refractivity contribution is -0.148. The van der Waals surface area contributed by atoms with Crippen molar-refractivity contribution in [1.29, 1.82) is 0 Å². The van der Waals surface area contributed by atoms with Gasteiger partial charge in [-0.25, -0.2) is 0 Å². The van der Waals surface area contributed by atoms with Gasteiger partial charge in [0.15, 0.2) is 5.78 Å². The van der Waals surface area contributed by atoms with E-state index in [1.807, 2.05) is 12.2 Å². The number of hydrogen-bond acceptors (Lipinski definition) is 3. The summed E-state index contributed by atoms with van der Waals surface area (Å²) in [5.41, 5.74) is 0.335. The van der Waals surface area contributed by atoms with E-state index in [0.29, 0.717) is 29.5 Å². The smallest absolute Gasteiger partial charge is 0.302 e. The van der Waals surface area contributed by atoms with Crippen molar-refractivity contribution in [2.24, 2.45) is 40.4 Å². The largest absolute Gasteiger partial charge is 0.462 e. The second-order valence-electron chi connectivity index (χ2n) is 9.71. The number of rotatable bonds is 2. The highest BCUT2D eigenvalue weighted by Crippen LogP contribution is 2.66. The molecule has 0 radical (unpaired) electrons. The predicted octanol–water partition coefficient (Wildman–Crippen LogP) is 4.72. The van der Waals surface area contributed by atoms with Gasteiger partial charge in [-0.2, -0.15) is 0 Å². The molecule has 0 saturated heterocycles. The molecule has 3 heteroatoms. The first kappa shape index (κ1) is 18.0. The van der Waals surface area contributed by atoms with Gasteiger partial charge in [-0.15, -0.1) is 6.58 Å². The van der Waals surface area contributed by atoms with Gasteiger partial charge in [-0.3, -0.25) is 9.59 Å². The van der Waals surface area contributed by atoms with Gasteiger partial charge >= 0.3 is 5.97 Å². The Morgan fingerprint density at radius 2 is 2.04 bits per heavy atom. The van der Waals surface area contributed by atoms with Crippen molar-refractivity contribution in [3.05, 3.63) is 24.8 Å². The summed E-state index contributed by atoms with van der Waals surface area (Å²) in [5, 5.41) is 0. The lowest BCUT2D eigenvalue weighted by Crippen LogP contribution is -2.52. The molecule has 4 aliphatic carbocycles. The van der Waals surface area contributed by atoms with Crippen molar-refractivity contribution in [1.82, 2.24) is 0 Å². The molecule has 0 aromatic heterocycles. The molecule has 8 atom stereocenters. The van der Waals surface area contributed by atoms with E-state index in [4.69, 9.17) is 4.74 Å². The average Bonchev–Trinajstić information content (AvgIpc) is 2.86. The topological polar surface area (TPSA) is 43.4 Å². The van der Waals surface area contributed by atoms with Crippen LogP contribution in [0.15, 0.2) is 24.8 Å². The molecule has 142 valence electrons. The summed E-state index contributed by atoms with van der Waals surface area (Å²) in [6, 6.07) is 0. The molecule has 4 rings (SSSR count). The zero-order valence-electron chi connectivity index (χ0n) is 16.4. The van der Waals surface area contributed by atoms with E-state index in [0.717, 1.165) is 25.7 Å². The van der Waals surface area contributed by atoms with Crippen LogP contribution in [0.3, 0.4) is 0 Å². The summed E-state index contributed by atoms with van der Waals surface area (Å²) in [4.78, 5) is 23.6. The van der Waals surface area contributed by atoms with E-state index in [-0.39, 0.29) is 28.8 Å². The van der Waals surface area contributed by atoms with Gasteiger partial charge in [0.05, 0.1) is 0 Å². The standard InChI is InChI=1S/C23H32O3/c1-5-18-21(26-14(2)24)13-20-17-7-6-15-12-16(25)8-10-22(15,3)19(17)9-11-23(18,20)4/h5,8,10,15,17-21H,1,6-7,9,11-13H2,2-4H3/t15?,17?,18-,19?,20?,21-,22-,23+/m0/s1. The van der Waals surface area contributed by atoms with Gasteiger partial charge in [-0.1, -0.05) is 26.0 Å². The number of ether oxygens (including phenoxy) is 1. The fourth-order valence-electron chi connectivity index (χ4n) is 7.42. The maximum Gasteiger partial charge on any atom is 0.302 e. The Morgan fingerprint density at radius 1 is 1.27 bits per heavy atom. The zero-order chi connectivity index (χ0) is 18.7. The molecular weight excluding hydrogens is 324 g/mol. The molecule has 0 aromatic carbocycles. The van der Waals surface area contributed by atoms with Crippen LogP contribution in [0.4, 0.5) is 0 Å². The number of ketones is 1. The van der Waals surface area contributed by atoms with Crippen LogP contribution in [0, 0.1) is 40.4 Å². The Kier molecular flexibility index (Phi) is 4.20. The van der Waals surface area contributed by atoms with Crippen LogP contribution < -0.4 is 0 Å². The Hall–Kier alpha value is -1.38. The molecule has 0 bridgehead atoms. The van der Waals surface area contributed by atoms with Gasteiger partial charge < -0.3 is 4.74 Å². The van der Waals surface area contributed by atoms with E-state index in [9.17, 15) is 9.59 Å². The molecule has 4 aliphatic rings. The van der Waals surface area contributed by atoms with Crippen molar-refractivity contribution in [2.75, 3.05) is 0 Å². The summed E-state index contributed by atoms with van der Waals surface area (Å²) in [5.74, 6) is 2.77. The third kappa shape index (κ3) is 2.46. The normalized spacial score (nSPS) is 49.7. The molecule has 26 heavy (non-hydrogen) atoms. The van der Waals surface area contributed by atoms with Crippen molar-refractivity contribution < 1.29 is 14.3 Å². The van der Waals surface area contributed by atoms with Crippen LogP contribution in [-0.4, -0.2) is 17.9 Å². The monoisotopic (exact) mass is 356 g/mol. The van der Waals surface area contributed by atoms with Gasteiger partial charge in [0, 0.05) is 19.3 Å². The maximum absolute atomic E-state index is 11.9. The quantitative estimate of drug-likeness (QED) is 0.531. The second-order valence-corrected chi connectivity index (χ2v) is 9.71. The minimum absolute atomic E-state index is 0.0206. The van der Waals surface area contributed by atoms with E-state index in [1.54, 1.807) is 0 Å². The molecule has 4 unspecified atom stereocenters. The predicted molar refractivity (Wildman–Crippen MR) is 101 cm³/mol. The van der Waals surface area contributed by atoms with Crippen LogP contribution in [0.5, 0.6) is 0 Å². The second kappa shape index (κ2) is 6.07. The Balaban J connectivity index is 1.66. The van der Waals surface area contributed by atoms with E-state index < -0.39 is 0 Å². The lowest BCUT2D eigenvalue weighted by atomic mass is 9.46. The van der Waals surface area contributed by atoms with Crippen molar-refractivity contribution in [2.45, 2.75) is 65.4 Å². The van der Waals surface area contributed by atoms with E-state index in [2.05, 4.69) is 26.5 Å². The average molecular weight is 357 g/mol. The number of fused-ring (bicyclic) bond motifs is 5. The summed E-state index contributed by atoms with van der Waals surface area (Å²) in [6.07, 6.45) is 12.5. The highest BCUT2D eigenvalue weighted by molar-refractivity contribution is 5.91. The van der Waals surface area contributed by atoms with Crippen molar-refractivity contribution in [3.63, 3.8) is 0 Å². The summed E-state index contributed by atoms with van der Waals surface area (Å²) < 4.78 is 5.73. The third-order valence-corrected chi connectivity index (χ3v) is 8.70. The number of hydrogen-bond donors (Lipinski definition) is 0. The molecule has 3 nitrogen and oxygen atoms in total. The number of carbonyl (C=O) groups excluding carboxylic acids is 2. The number of carbonyl (C=O) groups is 2. The van der Waals surface area contributed by atoms with Crippen LogP contribution in [0.1, 0.15) is 59.3 Å². The van der Waals surface area contributed by atoms with Gasteiger partial charge in [0.25, 0.3) is 0 Å². The third-order valence-electron chi connectivity index (χ3n) is 8.70. The van der Waals surface area contributed by atoms with E-state index >= 15 is 0 Å². The summed E-state index contributed by atoms with van der Waals surface area (Å²) in [6.45, 7) is 10.4. The van der Waals surface area contributed by atoms with Gasteiger partial charge in [-0.05, 0) is 72.7 Å². The van der Waals surface area contributed by atoms with Crippen molar-refractivity contribution >= 4 is 11.8 Å². The van der Waals surface area contributed by atoms with Gasteiger partial charge in [0.2, 0.25) is 0 Å². The van der Waals surface area contributed by atoms with E-state index in [1.165, 1.54) is 19.8 Å². The molecule has 0 spiro atoms. The molecule has 3 saturated carbocycles. The molecule has 0 aromatic rings. The first-order valence-corrected chi connectivity index (χ1v) is 10.3. The van der Waals surface area contributed by atoms with Crippen LogP contribution in [0.25, 0.3) is 0 Å². The van der Waals surface area contributed by atoms with Crippen LogP contribution in [0.2, 0.25) is 0 Å². The molecule has 0 N–H and O–H groups in total. The summed E-state index contributed by atoms with van der Waals surface area (Å²) >= 11 is 0. The minimum Gasteiger partial charge on any atom is -0.462 e. The number of esters is 1. The molecule has 0 aliphatic heterocycles. The zero-order valence-corrected chi connectivity index (χ0v) is 16.4. The fourth-order valence-corrected chi connectivity index (χ4v) is 7.42. The molecule has 3 fully saturated rings. The Morgan fingerprint density at radius 3 is 2.73 bits per heavy atom. The highest BCUT2D eigenvalue weighted by Gasteiger charge is 2.61. The Labute approximate surface area is 157 Å². The lowest BCUT2D eigenvalue weighted by Gasteiger charge is -2.58. The highest BCUT2D eigenvalue weighted by atomic mass is 16.5. The maximum atomic E-state index is 11.9. The fraction of sp³-hybridized carbons (Fsp3) is 0.739. The Bertz CT molecular complexity index is 664. The first-order valence-electron chi connectivity index (χ1n) is 10.3. The van der Waals surface area contributed by atoms with Crippen LogP contribution in [-0.2, 0) is 14.3 Å².